The molecule has 0 heterocycles. The first-order valence-electron chi connectivity index (χ1n) is 2.73. The number of rotatable bonds is 1. The van der Waals surface area contributed by atoms with Gasteiger partial charge in [-0.3, -0.25) is 4.55 Å². The smallest absolute Gasteiger partial charge is 0.282 e. The molecule has 0 unspecified atom stereocenters. The summed E-state index contributed by atoms with van der Waals surface area (Å²) in [7, 11) is -4.11. The second kappa shape index (κ2) is 4.33. The first kappa shape index (κ1) is 12.0. The van der Waals surface area contributed by atoms with E-state index in [0.29, 0.717) is 0 Å². The fraction of sp³-hybridized carbons (Fsp3) is 0. The van der Waals surface area contributed by atoms with Crippen molar-refractivity contribution in [1.29, 1.82) is 0 Å². The van der Waals surface area contributed by atoms with Crippen molar-refractivity contribution in [2.45, 2.75) is 4.90 Å². The minimum absolute atomic E-state index is 0. The van der Waals surface area contributed by atoms with Gasteiger partial charge in [-0.25, -0.2) is 0 Å². The van der Waals surface area contributed by atoms with Gasteiger partial charge < -0.3 is 0 Å². The molecule has 0 aromatic heterocycles. The van der Waals surface area contributed by atoms with Gasteiger partial charge in [0.25, 0.3) is 10.1 Å². The van der Waals surface area contributed by atoms with E-state index in [1.165, 1.54) is 24.3 Å². The van der Waals surface area contributed by atoms with E-state index in [2.05, 4.69) is 0 Å². The van der Waals surface area contributed by atoms with Gasteiger partial charge in [-0.2, -0.15) is 8.42 Å². The number of benzene rings is 1. The molecule has 0 aliphatic heterocycles. The molecule has 3 nitrogen and oxygen atoms in total. The van der Waals surface area contributed by atoms with Crippen molar-refractivity contribution in [2.24, 2.45) is 0 Å². The van der Waals surface area contributed by atoms with Gasteiger partial charge in [0.05, 0.1) is 4.90 Å². The van der Waals surface area contributed by atoms with Crippen LogP contribution in [0, 0.1) is 0 Å². The van der Waals surface area contributed by atoms with E-state index in [-0.39, 0.29) is 29.4 Å². The van der Waals surface area contributed by atoms with Crippen LogP contribution in [0.4, 0.5) is 0 Å². The van der Waals surface area contributed by atoms with Crippen LogP contribution in [-0.2, 0) is 29.6 Å². The van der Waals surface area contributed by atoms with E-state index in [1.807, 2.05) is 0 Å². The van der Waals surface area contributed by atoms with Crippen molar-refractivity contribution in [2.75, 3.05) is 0 Å². The molecule has 62 valence electrons. The standard InChI is InChI=1S/C6H5ClO3S.Zn/c7-5-2-1-3-6(4-5)11(8,9)10;/h1-4H,(H,8,9,10);. The van der Waals surface area contributed by atoms with Crippen LogP contribution in [-0.4, -0.2) is 13.0 Å². The van der Waals surface area contributed by atoms with E-state index in [0.717, 1.165) is 0 Å². The minimum atomic E-state index is -4.11. The molecule has 0 spiro atoms. The zero-order valence-electron chi connectivity index (χ0n) is 6.07. The molecule has 6 heteroatoms. The summed E-state index contributed by atoms with van der Waals surface area (Å²) in [6.07, 6.45) is 0. The van der Waals surface area contributed by atoms with Crippen LogP contribution < -0.4 is 0 Å². The molecule has 0 aliphatic rings. The van der Waals surface area contributed by atoms with E-state index in [1.54, 1.807) is 0 Å². The van der Waals surface area contributed by atoms with E-state index < -0.39 is 10.1 Å². The van der Waals surface area contributed by atoms with Crippen LogP contribution in [0.1, 0.15) is 0 Å². The predicted octanol–water partition coefficient (Wildman–Crippen LogP) is 1.58. The van der Waals surface area contributed by atoms with Gasteiger partial charge in [0.1, 0.15) is 0 Å². The van der Waals surface area contributed by atoms with Crippen LogP contribution >= 0.6 is 11.6 Å². The number of hydrogen-bond acceptors (Lipinski definition) is 2. The largest absolute Gasteiger partial charge is 0.294 e. The third kappa shape index (κ3) is 3.19. The maximum atomic E-state index is 10.5. The molecule has 0 bridgehead atoms. The Morgan fingerprint density at radius 3 is 2.25 bits per heavy atom. The van der Waals surface area contributed by atoms with Gasteiger partial charge in [0.15, 0.2) is 0 Å². The van der Waals surface area contributed by atoms with Crippen molar-refractivity contribution >= 4 is 21.7 Å². The zero-order chi connectivity index (χ0) is 8.48. The molecule has 1 rings (SSSR count). The molecular formula is C6H5ClO3SZn. The van der Waals surface area contributed by atoms with Crippen LogP contribution in [0.25, 0.3) is 0 Å². The van der Waals surface area contributed by atoms with E-state index in [9.17, 15) is 8.42 Å². The van der Waals surface area contributed by atoms with Gasteiger partial charge in [0, 0.05) is 24.5 Å². The summed E-state index contributed by atoms with van der Waals surface area (Å²) in [5.41, 5.74) is 0. The fourth-order valence-electron chi connectivity index (χ4n) is 0.627. The second-order valence-electron chi connectivity index (χ2n) is 1.93. The maximum Gasteiger partial charge on any atom is 0.294 e. The van der Waals surface area contributed by atoms with Crippen molar-refractivity contribution in [3.8, 4) is 0 Å². The third-order valence-electron chi connectivity index (χ3n) is 1.09. The van der Waals surface area contributed by atoms with Crippen molar-refractivity contribution in [3.05, 3.63) is 29.3 Å². The average molecular weight is 258 g/mol. The first-order chi connectivity index (χ1) is 5.00. The molecule has 0 radical (unpaired) electrons. The molecule has 0 fully saturated rings. The van der Waals surface area contributed by atoms with Crippen LogP contribution in [0.15, 0.2) is 29.2 Å². The average Bonchev–Trinajstić information content (AvgIpc) is 1.86. The zero-order valence-corrected chi connectivity index (χ0v) is 10.6. The summed E-state index contributed by atoms with van der Waals surface area (Å²) in [5.74, 6) is 0. The van der Waals surface area contributed by atoms with Crippen LogP contribution in [0.2, 0.25) is 5.02 Å². The Bertz CT molecular complexity index is 363. The van der Waals surface area contributed by atoms with E-state index in [4.69, 9.17) is 16.2 Å². The van der Waals surface area contributed by atoms with Crippen LogP contribution in [0.5, 0.6) is 0 Å². The molecule has 1 aromatic carbocycles. The number of halogens is 1. The molecule has 1 N–H and O–H groups in total. The van der Waals surface area contributed by atoms with E-state index >= 15 is 0 Å². The maximum absolute atomic E-state index is 10.5. The predicted molar refractivity (Wildman–Crippen MR) is 41.3 cm³/mol. The summed E-state index contributed by atoms with van der Waals surface area (Å²) in [5, 5.41) is 0.278. The SMILES string of the molecule is O=S(=O)(O)c1cccc(Cl)c1.[Zn]. The Labute approximate surface area is 88.2 Å². The fourth-order valence-corrected chi connectivity index (χ4v) is 1.41. The molecule has 12 heavy (non-hydrogen) atoms. The van der Waals surface area contributed by atoms with Gasteiger partial charge in [0.2, 0.25) is 0 Å². The molecule has 0 atom stereocenters. The Kier molecular flexibility index (Phi) is 4.34. The second-order valence-corrected chi connectivity index (χ2v) is 3.79. The Balaban J connectivity index is 0.00000121. The van der Waals surface area contributed by atoms with Crippen LogP contribution in [0.3, 0.4) is 0 Å². The Morgan fingerprint density at radius 2 is 1.92 bits per heavy atom. The topological polar surface area (TPSA) is 54.4 Å². The summed E-state index contributed by atoms with van der Waals surface area (Å²) in [6, 6.07) is 5.42. The minimum Gasteiger partial charge on any atom is -0.282 e. The monoisotopic (exact) mass is 256 g/mol. The molecule has 0 amide bonds. The summed E-state index contributed by atoms with van der Waals surface area (Å²) in [6.45, 7) is 0. The normalized spacial score (nSPS) is 10.5. The number of hydrogen-bond donors (Lipinski definition) is 1. The van der Waals surface area contributed by atoms with Gasteiger partial charge >= 0.3 is 0 Å². The molecule has 1 aromatic rings. The summed E-state index contributed by atoms with van der Waals surface area (Å²) >= 11 is 5.48. The third-order valence-corrected chi connectivity index (χ3v) is 2.18. The van der Waals surface area contributed by atoms with Gasteiger partial charge in [-0.1, -0.05) is 17.7 Å². The van der Waals surface area contributed by atoms with Gasteiger partial charge in [-0.05, 0) is 18.2 Å². The molecule has 0 saturated carbocycles. The van der Waals surface area contributed by atoms with Crippen molar-refractivity contribution in [1.82, 2.24) is 0 Å². The van der Waals surface area contributed by atoms with Crippen molar-refractivity contribution in [3.63, 3.8) is 0 Å². The first-order valence-corrected chi connectivity index (χ1v) is 4.55. The van der Waals surface area contributed by atoms with Gasteiger partial charge in [-0.15, -0.1) is 0 Å². The Hall–Kier alpha value is 0.0434. The quantitative estimate of drug-likeness (QED) is 0.614. The molecule has 0 saturated heterocycles. The van der Waals surface area contributed by atoms with Crippen molar-refractivity contribution < 1.29 is 32.4 Å². The molecular weight excluding hydrogens is 253 g/mol. The summed E-state index contributed by atoms with van der Waals surface area (Å²) in [4.78, 5) is -0.190. The summed E-state index contributed by atoms with van der Waals surface area (Å²) < 4.78 is 29.5. The molecule has 0 aliphatic carbocycles. The Morgan fingerprint density at radius 1 is 1.33 bits per heavy atom.